The summed E-state index contributed by atoms with van der Waals surface area (Å²) < 4.78 is 0. The van der Waals surface area contributed by atoms with Gasteiger partial charge in [0.2, 0.25) is 5.91 Å². The molecule has 6 nitrogen and oxygen atoms in total. The Morgan fingerprint density at radius 2 is 2.16 bits per heavy atom. The van der Waals surface area contributed by atoms with Crippen LogP contribution in [0.15, 0.2) is 5.10 Å². The van der Waals surface area contributed by atoms with Crippen LogP contribution >= 0.6 is 0 Å². The molecule has 0 spiro atoms. The molecule has 106 valence electrons. The van der Waals surface area contributed by atoms with E-state index in [2.05, 4.69) is 10.5 Å². The van der Waals surface area contributed by atoms with E-state index in [-0.39, 0.29) is 17.9 Å². The number of carbonyl (C=O) groups is 2. The Kier molecular flexibility index (Phi) is 4.52. The molecular weight excluding hydrogens is 244 g/mol. The number of hydrogen-bond donors (Lipinski definition) is 2. The van der Waals surface area contributed by atoms with Crippen molar-refractivity contribution in [2.24, 2.45) is 16.8 Å². The maximum absolute atomic E-state index is 12.4. The summed E-state index contributed by atoms with van der Waals surface area (Å²) in [5.41, 5.74) is 8.62. The van der Waals surface area contributed by atoms with Gasteiger partial charge in [0.05, 0.1) is 0 Å². The third-order valence-electron chi connectivity index (χ3n) is 4.14. The van der Waals surface area contributed by atoms with Gasteiger partial charge in [-0.05, 0) is 25.3 Å². The Hall–Kier alpha value is -1.43. The quantitative estimate of drug-likeness (QED) is 0.766. The lowest BCUT2D eigenvalue weighted by Crippen LogP contribution is -2.49. The molecule has 0 aromatic rings. The van der Waals surface area contributed by atoms with Crippen molar-refractivity contribution in [2.75, 3.05) is 13.6 Å². The van der Waals surface area contributed by atoms with E-state index >= 15 is 0 Å². The smallest absolute Gasteiger partial charge is 0.270 e. The van der Waals surface area contributed by atoms with E-state index in [1.165, 1.54) is 6.42 Å². The van der Waals surface area contributed by atoms with Gasteiger partial charge in [0.25, 0.3) is 5.91 Å². The Morgan fingerprint density at radius 1 is 1.42 bits per heavy atom. The zero-order valence-electron chi connectivity index (χ0n) is 11.4. The molecule has 2 atom stereocenters. The molecule has 1 fully saturated rings. The van der Waals surface area contributed by atoms with Gasteiger partial charge in [0.1, 0.15) is 5.71 Å². The predicted molar refractivity (Wildman–Crippen MR) is 72.4 cm³/mol. The molecule has 1 aliphatic carbocycles. The van der Waals surface area contributed by atoms with E-state index in [1.807, 2.05) is 7.05 Å². The van der Waals surface area contributed by atoms with E-state index in [0.29, 0.717) is 31.0 Å². The molecule has 2 unspecified atom stereocenters. The van der Waals surface area contributed by atoms with Crippen LogP contribution in [0.2, 0.25) is 0 Å². The number of hydrogen-bond acceptors (Lipinski definition) is 4. The van der Waals surface area contributed by atoms with E-state index in [4.69, 9.17) is 5.73 Å². The van der Waals surface area contributed by atoms with E-state index < -0.39 is 0 Å². The molecular formula is C13H22N4O2. The minimum atomic E-state index is -0.128. The van der Waals surface area contributed by atoms with Crippen molar-refractivity contribution in [2.45, 2.75) is 44.6 Å². The second-order valence-corrected chi connectivity index (χ2v) is 5.36. The van der Waals surface area contributed by atoms with Crippen molar-refractivity contribution in [3.63, 3.8) is 0 Å². The highest BCUT2D eigenvalue weighted by molar-refractivity contribution is 6.39. The van der Waals surface area contributed by atoms with Crippen molar-refractivity contribution >= 4 is 17.5 Å². The third-order valence-corrected chi connectivity index (χ3v) is 4.14. The third kappa shape index (κ3) is 3.12. The first-order valence-electron chi connectivity index (χ1n) is 6.96. The molecule has 2 rings (SSSR count). The second kappa shape index (κ2) is 6.14. The van der Waals surface area contributed by atoms with Crippen molar-refractivity contribution in [3.05, 3.63) is 0 Å². The molecule has 0 aromatic carbocycles. The summed E-state index contributed by atoms with van der Waals surface area (Å²) in [6.45, 7) is 0.617. The monoisotopic (exact) mass is 266 g/mol. The van der Waals surface area contributed by atoms with Crippen LogP contribution in [0.3, 0.4) is 0 Å². The molecule has 0 radical (unpaired) electrons. The van der Waals surface area contributed by atoms with Gasteiger partial charge in [-0.25, -0.2) is 5.43 Å². The predicted octanol–water partition coefficient (Wildman–Crippen LogP) is 0.228. The van der Waals surface area contributed by atoms with Crippen molar-refractivity contribution in [3.8, 4) is 0 Å². The first kappa shape index (κ1) is 14.0. The van der Waals surface area contributed by atoms with Gasteiger partial charge in [-0.3, -0.25) is 9.59 Å². The van der Waals surface area contributed by atoms with Gasteiger partial charge in [-0.2, -0.15) is 5.10 Å². The van der Waals surface area contributed by atoms with Crippen molar-refractivity contribution < 1.29 is 9.59 Å². The highest BCUT2D eigenvalue weighted by Crippen LogP contribution is 2.27. The second-order valence-electron chi connectivity index (χ2n) is 5.36. The summed E-state index contributed by atoms with van der Waals surface area (Å²) in [5, 5.41) is 3.87. The van der Waals surface area contributed by atoms with Gasteiger partial charge >= 0.3 is 0 Å². The van der Waals surface area contributed by atoms with Crippen LogP contribution in [0.5, 0.6) is 0 Å². The Morgan fingerprint density at radius 3 is 2.79 bits per heavy atom. The van der Waals surface area contributed by atoms with Crippen molar-refractivity contribution in [1.82, 2.24) is 10.3 Å². The summed E-state index contributed by atoms with van der Waals surface area (Å²) in [4.78, 5) is 25.2. The topological polar surface area (TPSA) is 87.8 Å². The molecule has 1 heterocycles. The van der Waals surface area contributed by atoms with Gasteiger partial charge in [-0.1, -0.05) is 12.8 Å². The van der Waals surface area contributed by atoms with Crippen LogP contribution in [0.4, 0.5) is 0 Å². The minimum absolute atomic E-state index is 0.0784. The average Bonchev–Trinajstić information content (AvgIpc) is 2.46. The number of carbonyl (C=O) groups excluding carboxylic acids is 2. The molecule has 0 bridgehead atoms. The fraction of sp³-hybridized carbons (Fsp3) is 0.769. The first-order chi connectivity index (χ1) is 9.13. The van der Waals surface area contributed by atoms with Gasteiger partial charge < -0.3 is 10.6 Å². The highest BCUT2D eigenvalue weighted by atomic mass is 16.2. The van der Waals surface area contributed by atoms with Crippen molar-refractivity contribution in [1.29, 1.82) is 0 Å². The lowest BCUT2D eigenvalue weighted by Gasteiger charge is -2.37. The normalized spacial score (nSPS) is 27.5. The fourth-order valence-corrected chi connectivity index (χ4v) is 2.96. The standard InChI is InChI=1S/C13H22N4O2/c1-17(11-5-3-2-4-9(11)8-14)13(19)10-6-7-12(18)16-15-10/h9,11H,2-8,14H2,1H3,(H,16,18). The molecule has 6 heteroatoms. The van der Waals surface area contributed by atoms with Gasteiger partial charge in [-0.15, -0.1) is 0 Å². The molecule has 0 aromatic heterocycles. The number of nitrogens with one attached hydrogen (secondary N) is 1. The number of rotatable bonds is 3. The summed E-state index contributed by atoms with van der Waals surface area (Å²) in [6.07, 6.45) is 5.18. The Bertz CT molecular complexity index is 394. The Labute approximate surface area is 113 Å². The largest absolute Gasteiger partial charge is 0.337 e. The molecule has 19 heavy (non-hydrogen) atoms. The van der Waals surface area contributed by atoms with E-state index in [0.717, 1.165) is 19.3 Å². The molecule has 3 N–H and O–H groups in total. The number of nitrogens with zero attached hydrogens (tertiary/aromatic N) is 2. The zero-order valence-corrected chi connectivity index (χ0v) is 11.4. The summed E-state index contributed by atoms with van der Waals surface area (Å²) >= 11 is 0. The van der Waals surface area contributed by atoms with Crippen LogP contribution in [0.1, 0.15) is 38.5 Å². The molecule has 0 saturated heterocycles. The van der Waals surface area contributed by atoms with Gasteiger partial charge in [0.15, 0.2) is 0 Å². The molecule has 2 aliphatic rings. The lowest BCUT2D eigenvalue weighted by atomic mass is 9.83. The number of hydrazone groups is 1. The van der Waals surface area contributed by atoms with Crippen LogP contribution in [0.25, 0.3) is 0 Å². The van der Waals surface area contributed by atoms with Crippen LogP contribution in [-0.2, 0) is 9.59 Å². The minimum Gasteiger partial charge on any atom is -0.337 e. The number of nitrogens with two attached hydrogens (primary N) is 1. The van der Waals surface area contributed by atoms with Crippen LogP contribution < -0.4 is 11.2 Å². The zero-order chi connectivity index (χ0) is 13.8. The molecule has 1 aliphatic heterocycles. The fourth-order valence-electron chi connectivity index (χ4n) is 2.96. The summed E-state index contributed by atoms with van der Waals surface area (Å²) in [6, 6.07) is 0.201. The SMILES string of the molecule is CN(C(=O)C1=NNC(=O)CC1)C1CCCCC1CN. The van der Waals surface area contributed by atoms with E-state index in [9.17, 15) is 9.59 Å². The van der Waals surface area contributed by atoms with Crippen LogP contribution in [-0.4, -0.2) is 42.1 Å². The average molecular weight is 266 g/mol. The maximum atomic E-state index is 12.4. The first-order valence-corrected chi connectivity index (χ1v) is 6.96. The van der Waals surface area contributed by atoms with Gasteiger partial charge in [0, 0.05) is 25.9 Å². The summed E-state index contributed by atoms with van der Waals surface area (Å²) in [5.74, 6) is 0.170. The number of amides is 2. The van der Waals surface area contributed by atoms with Crippen LogP contribution in [0, 0.1) is 5.92 Å². The van der Waals surface area contributed by atoms with E-state index in [1.54, 1.807) is 4.90 Å². The maximum Gasteiger partial charge on any atom is 0.270 e. The highest BCUT2D eigenvalue weighted by Gasteiger charge is 2.32. The molecule has 2 amide bonds. The molecule has 1 saturated carbocycles. The summed E-state index contributed by atoms with van der Waals surface area (Å²) in [7, 11) is 1.82. The lowest BCUT2D eigenvalue weighted by molar-refractivity contribution is -0.126. The Balaban J connectivity index is 2.03.